The van der Waals surface area contributed by atoms with Gasteiger partial charge in [-0.15, -0.1) is 0 Å². The van der Waals surface area contributed by atoms with Crippen molar-refractivity contribution < 1.29 is 14.3 Å². The van der Waals surface area contributed by atoms with E-state index < -0.39 is 0 Å². The quantitative estimate of drug-likeness (QED) is 0.590. The Kier molecular flexibility index (Phi) is 6.09. The molecule has 0 radical (unpaired) electrons. The lowest BCUT2D eigenvalue weighted by Crippen LogP contribution is -2.10. The molecule has 122 valence electrons. The summed E-state index contributed by atoms with van der Waals surface area (Å²) < 4.78 is 5.48. The fourth-order valence-corrected chi connectivity index (χ4v) is 2.08. The van der Waals surface area contributed by atoms with Crippen LogP contribution in [0.5, 0.6) is 5.75 Å². The van der Waals surface area contributed by atoms with E-state index in [0.29, 0.717) is 17.0 Å². The van der Waals surface area contributed by atoms with E-state index in [0.717, 1.165) is 5.56 Å². The number of carbonyl (C=O) groups is 2. The molecule has 0 spiro atoms. The van der Waals surface area contributed by atoms with Crippen molar-refractivity contribution in [3.8, 4) is 5.75 Å². The number of ketones is 1. The van der Waals surface area contributed by atoms with Crippen molar-refractivity contribution >= 4 is 39.4 Å². The number of halogens is 1. The summed E-state index contributed by atoms with van der Waals surface area (Å²) in [6.07, 6.45) is 3.21. The van der Waals surface area contributed by atoms with Gasteiger partial charge in [-0.2, -0.15) is 0 Å². The Morgan fingerprint density at radius 3 is 2.42 bits per heavy atom. The van der Waals surface area contributed by atoms with Crippen LogP contribution in [0.2, 0.25) is 0 Å². The van der Waals surface area contributed by atoms with Gasteiger partial charge in [0.15, 0.2) is 5.78 Å². The number of benzene rings is 2. The zero-order valence-electron chi connectivity index (χ0n) is 13.1. The topological polar surface area (TPSA) is 55.4 Å². The highest BCUT2D eigenvalue weighted by Crippen LogP contribution is 2.19. The Balaban J connectivity index is 2.09. The average molecular weight is 386 g/mol. The van der Waals surface area contributed by atoms with Crippen LogP contribution < -0.4 is 10.1 Å². The van der Waals surface area contributed by atoms with Crippen molar-refractivity contribution in [1.82, 2.24) is 0 Å². The van der Waals surface area contributed by atoms with Crippen LogP contribution in [0.15, 0.2) is 65.7 Å². The van der Waals surface area contributed by atoms with E-state index in [-0.39, 0.29) is 16.2 Å². The molecule has 0 aliphatic carbocycles. The SMILES string of the molecule is C=C(Br)C(=O)Nc1ccc(C(=O)/C=C/c2ccccc2OC)cc1. The molecule has 0 aromatic heterocycles. The first kappa shape index (κ1) is 17.7. The summed E-state index contributed by atoms with van der Waals surface area (Å²) in [5, 5.41) is 2.65. The van der Waals surface area contributed by atoms with Gasteiger partial charge in [0.2, 0.25) is 0 Å². The predicted molar refractivity (Wildman–Crippen MR) is 99.5 cm³/mol. The number of carbonyl (C=O) groups excluding carboxylic acids is 2. The molecule has 24 heavy (non-hydrogen) atoms. The molecule has 4 nitrogen and oxygen atoms in total. The van der Waals surface area contributed by atoms with E-state index in [4.69, 9.17) is 4.74 Å². The second-order valence-electron chi connectivity index (χ2n) is 4.88. The minimum absolute atomic E-state index is 0.135. The molecule has 0 heterocycles. The van der Waals surface area contributed by atoms with Crippen LogP contribution in [-0.4, -0.2) is 18.8 Å². The maximum Gasteiger partial charge on any atom is 0.262 e. The second-order valence-corrected chi connectivity index (χ2v) is 5.83. The van der Waals surface area contributed by atoms with E-state index in [1.165, 1.54) is 6.08 Å². The highest BCUT2D eigenvalue weighted by molar-refractivity contribution is 9.12. The van der Waals surface area contributed by atoms with E-state index in [1.54, 1.807) is 37.5 Å². The molecule has 0 saturated carbocycles. The first-order valence-corrected chi connectivity index (χ1v) is 7.92. The Morgan fingerprint density at radius 1 is 1.12 bits per heavy atom. The largest absolute Gasteiger partial charge is 0.496 e. The maximum absolute atomic E-state index is 12.2. The summed E-state index contributed by atoms with van der Waals surface area (Å²) in [6, 6.07) is 14.1. The minimum Gasteiger partial charge on any atom is -0.496 e. The fourth-order valence-electron chi connectivity index (χ4n) is 1.98. The summed E-state index contributed by atoms with van der Waals surface area (Å²) >= 11 is 3.01. The number of nitrogens with one attached hydrogen (secondary N) is 1. The van der Waals surface area contributed by atoms with Crippen molar-refractivity contribution in [2.75, 3.05) is 12.4 Å². The van der Waals surface area contributed by atoms with Crippen LogP contribution in [0.25, 0.3) is 6.08 Å². The van der Waals surface area contributed by atoms with Gasteiger partial charge < -0.3 is 10.1 Å². The van der Waals surface area contributed by atoms with Gasteiger partial charge in [0.05, 0.1) is 11.6 Å². The molecular formula is C19H16BrNO3. The number of anilines is 1. The third-order valence-electron chi connectivity index (χ3n) is 3.23. The van der Waals surface area contributed by atoms with Crippen LogP contribution in [0.1, 0.15) is 15.9 Å². The third-order valence-corrected chi connectivity index (χ3v) is 3.59. The maximum atomic E-state index is 12.2. The van der Waals surface area contributed by atoms with Crippen LogP contribution in [0.4, 0.5) is 5.69 Å². The van der Waals surface area contributed by atoms with Crippen LogP contribution in [0.3, 0.4) is 0 Å². The fraction of sp³-hybridized carbons (Fsp3) is 0.0526. The molecule has 2 rings (SSSR count). The highest BCUT2D eigenvalue weighted by Gasteiger charge is 2.06. The van der Waals surface area contributed by atoms with Gasteiger partial charge in [-0.05, 0) is 58.4 Å². The molecule has 0 bridgehead atoms. The molecule has 5 heteroatoms. The van der Waals surface area contributed by atoms with Crippen LogP contribution in [-0.2, 0) is 4.79 Å². The lowest BCUT2D eigenvalue weighted by molar-refractivity contribution is -0.112. The van der Waals surface area contributed by atoms with Gasteiger partial charge in [-0.3, -0.25) is 9.59 Å². The van der Waals surface area contributed by atoms with E-state index in [9.17, 15) is 9.59 Å². The number of para-hydroxylation sites is 1. The first-order valence-electron chi connectivity index (χ1n) is 7.12. The van der Waals surface area contributed by atoms with Crippen molar-refractivity contribution in [1.29, 1.82) is 0 Å². The third kappa shape index (κ3) is 4.67. The molecule has 1 amide bonds. The Labute approximate surface area is 149 Å². The molecule has 0 saturated heterocycles. The van der Waals surface area contributed by atoms with Crippen LogP contribution in [0, 0.1) is 0 Å². The van der Waals surface area contributed by atoms with Gasteiger partial charge in [0.25, 0.3) is 5.91 Å². The van der Waals surface area contributed by atoms with Crippen molar-refractivity contribution in [3.05, 3.63) is 76.8 Å². The van der Waals surface area contributed by atoms with Gasteiger partial charge in [0.1, 0.15) is 5.75 Å². The first-order chi connectivity index (χ1) is 11.5. The van der Waals surface area contributed by atoms with Gasteiger partial charge in [0, 0.05) is 16.8 Å². The zero-order valence-corrected chi connectivity index (χ0v) is 14.7. The summed E-state index contributed by atoms with van der Waals surface area (Å²) in [4.78, 5) is 23.7. The van der Waals surface area contributed by atoms with Gasteiger partial charge in [-0.25, -0.2) is 0 Å². The molecular weight excluding hydrogens is 370 g/mol. The lowest BCUT2D eigenvalue weighted by atomic mass is 10.1. The predicted octanol–water partition coefficient (Wildman–Crippen LogP) is 4.44. The lowest BCUT2D eigenvalue weighted by Gasteiger charge is -2.05. The Hall–Kier alpha value is -2.66. The van der Waals surface area contributed by atoms with Gasteiger partial charge >= 0.3 is 0 Å². The normalized spacial score (nSPS) is 10.4. The second kappa shape index (κ2) is 8.26. The molecule has 2 aromatic rings. The van der Waals surface area contributed by atoms with Crippen LogP contribution >= 0.6 is 15.9 Å². The smallest absolute Gasteiger partial charge is 0.262 e. The molecule has 0 aliphatic heterocycles. The molecule has 0 atom stereocenters. The number of rotatable bonds is 6. The monoisotopic (exact) mass is 385 g/mol. The van der Waals surface area contributed by atoms with E-state index >= 15 is 0 Å². The molecule has 0 fully saturated rings. The van der Waals surface area contributed by atoms with Crippen molar-refractivity contribution in [3.63, 3.8) is 0 Å². The molecule has 0 unspecified atom stereocenters. The Morgan fingerprint density at radius 2 is 1.79 bits per heavy atom. The number of hydrogen-bond donors (Lipinski definition) is 1. The summed E-state index contributed by atoms with van der Waals surface area (Å²) in [5.74, 6) is 0.239. The number of allylic oxidation sites excluding steroid dienone is 1. The number of amides is 1. The minimum atomic E-state index is -0.329. The number of hydrogen-bond acceptors (Lipinski definition) is 3. The van der Waals surface area contributed by atoms with E-state index in [2.05, 4.69) is 27.8 Å². The standard InChI is InChI=1S/C19H16BrNO3/c1-13(20)19(23)21-16-10-7-14(8-11-16)17(22)12-9-15-5-3-4-6-18(15)24-2/h3-12H,1H2,2H3,(H,21,23)/b12-9+. The van der Waals surface area contributed by atoms with Crippen molar-refractivity contribution in [2.24, 2.45) is 0 Å². The summed E-state index contributed by atoms with van der Waals surface area (Å²) in [6.45, 7) is 3.50. The molecule has 2 aromatic carbocycles. The summed E-state index contributed by atoms with van der Waals surface area (Å²) in [7, 11) is 1.59. The van der Waals surface area contributed by atoms with Gasteiger partial charge in [-0.1, -0.05) is 24.8 Å². The number of methoxy groups -OCH3 is 1. The molecule has 0 aliphatic rings. The summed E-state index contributed by atoms with van der Waals surface area (Å²) in [5.41, 5.74) is 1.94. The highest BCUT2D eigenvalue weighted by atomic mass is 79.9. The van der Waals surface area contributed by atoms with Crippen molar-refractivity contribution in [2.45, 2.75) is 0 Å². The Bertz CT molecular complexity index is 795. The number of ether oxygens (including phenoxy) is 1. The van der Waals surface area contributed by atoms with E-state index in [1.807, 2.05) is 24.3 Å². The zero-order chi connectivity index (χ0) is 17.5. The molecule has 1 N–H and O–H groups in total. The average Bonchev–Trinajstić information content (AvgIpc) is 2.60.